The van der Waals surface area contributed by atoms with E-state index in [4.69, 9.17) is 0 Å². The second-order valence-corrected chi connectivity index (χ2v) is 6.54. The smallest absolute Gasteiger partial charge is 0.242 e. The summed E-state index contributed by atoms with van der Waals surface area (Å²) in [6.07, 6.45) is 1.21. The fourth-order valence-electron chi connectivity index (χ4n) is 1.61. The summed E-state index contributed by atoms with van der Waals surface area (Å²) in [6.45, 7) is 2.14. The molecule has 0 saturated carbocycles. The van der Waals surface area contributed by atoms with Crippen molar-refractivity contribution in [1.82, 2.24) is 9.62 Å². The molecule has 1 rings (SSSR count). The Morgan fingerprint density at radius 2 is 1.89 bits per heavy atom. The summed E-state index contributed by atoms with van der Waals surface area (Å²) in [6, 6.07) is 6.70. The first-order valence-corrected chi connectivity index (χ1v) is 7.60. The summed E-state index contributed by atoms with van der Waals surface area (Å²) < 4.78 is 25.4. The number of carbonyl (C=O) groups excluding carboxylic acids is 1. The Morgan fingerprint density at radius 1 is 1.26 bits per heavy atom. The van der Waals surface area contributed by atoms with E-state index in [1.807, 2.05) is 6.92 Å². The zero-order valence-electron chi connectivity index (χ0n) is 11.5. The highest BCUT2D eigenvalue weighted by Crippen LogP contribution is 2.18. The highest BCUT2D eigenvalue weighted by atomic mass is 32.2. The molecule has 5 nitrogen and oxygen atoms in total. The van der Waals surface area contributed by atoms with E-state index in [9.17, 15) is 13.2 Å². The van der Waals surface area contributed by atoms with Gasteiger partial charge in [0.15, 0.2) is 0 Å². The fourth-order valence-corrected chi connectivity index (χ4v) is 2.72. The molecule has 0 aromatic heterocycles. The molecule has 0 fully saturated rings. The average molecular weight is 284 g/mol. The normalized spacial score (nSPS) is 11.6. The molecule has 19 heavy (non-hydrogen) atoms. The van der Waals surface area contributed by atoms with Crippen LogP contribution in [0.25, 0.3) is 0 Å². The zero-order chi connectivity index (χ0) is 14.5. The molecule has 0 unspecified atom stereocenters. The third-order valence-corrected chi connectivity index (χ3v) is 4.60. The molecule has 1 N–H and O–H groups in total. The lowest BCUT2D eigenvalue weighted by Crippen LogP contribution is -2.26. The van der Waals surface area contributed by atoms with Gasteiger partial charge in [0.1, 0.15) is 0 Å². The van der Waals surface area contributed by atoms with Gasteiger partial charge in [-0.15, -0.1) is 0 Å². The number of sulfonamides is 1. The number of rotatable bonds is 6. The van der Waals surface area contributed by atoms with E-state index in [2.05, 4.69) is 5.32 Å². The Labute approximate surface area is 114 Å². The molecule has 1 aromatic rings. The Morgan fingerprint density at radius 3 is 2.47 bits per heavy atom. The Bertz CT molecular complexity index is 539. The van der Waals surface area contributed by atoms with Gasteiger partial charge in [-0.1, -0.05) is 25.1 Å². The van der Waals surface area contributed by atoms with Crippen LogP contribution in [0.3, 0.4) is 0 Å². The minimum absolute atomic E-state index is 0.0699. The van der Waals surface area contributed by atoms with Crippen LogP contribution in [-0.4, -0.2) is 32.7 Å². The third-order valence-electron chi connectivity index (χ3n) is 2.68. The van der Waals surface area contributed by atoms with Crippen molar-refractivity contribution in [3.05, 3.63) is 29.8 Å². The van der Waals surface area contributed by atoms with Gasteiger partial charge in [-0.2, -0.15) is 0 Å². The van der Waals surface area contributed by atoms with E-state index in [-0.39, 0.29) is 17.3 Å². The lowest BCUT2D eigenvalue weighted by Gasteiger charge is -2.15. The quantitative estimate of drug-likeness (QED) is 0.857. The molecule has 106 valence electrons. The number of hydrogen-bond acceptors (Lipinski definition) is 3. The molecule has 6 heteroatoms. The molecule has 0 aliphatic heterocycles. The molecule has 0 heterocycles. The highest BCUT2D eigenvalue weighted by Gasteiger charge is 2.20. The van der Waals surface area contributed by atoms with E-state index >= 15 is 0 Å². The van der Waals surface area contributed by atoms with E-state index in [0.29, 0.717) is 12.0 Å². The number of carbonyl (C=O) groups is 1. The number of nitrogens with one attached hydrogen (secondary N) is 1. The van der Waals surface area contributed by atoms with Crippen molar-refractivity contribution in [3.63, 3.8) is 0 Å². The van der Waals surface area contributed by atoms with Gasteiger partial charge in [0.2, 0.25) is 15.9 Å². The van der Waals surface area contributed by atoms with Crippen LogP contribution in [0.4, 0.5) is 0 Å². The third kappa shape index (κ3) is 4.04. The lowest BCUT2D eigenvalue weighted by molar-refractivity contribution is -0.121. The lowest BCUT2D eigenvalue weighted by atomic mass is 10.2. The largest absolute Gasteiger partial charge is 0.352 e. The maximum Gasteiger partial charge on any atom is 0.242 e. The van der Waals surface area contributed by atoms with Crippen LogP contribution in [0.15, 0.2) is 29.2 Å². The number of hydrogen-bond donors (Lipinski definition) is 1. The maximum absolute atomic E-state index is 12.1. The maximum atomic E-state index is 12.1. The predicted octanol–water partition coefficient (Wildman–Crippen LogP) is 1.35. The van der Waals surface area contributed by atoms with Gasteiger partial charge in [-0.25, -0.2) is 12.7 Å². The zero-order valence-corrected chi connectivity index (χ0v) is 12.3. The molecule has 0 atom stereocenters. The Hall–Kier alpha value is -1.40. The molecule has 0 radical (unpaired) electrons. The van der Waals surface area contributed by atoms with Crippen molar-refractivity contribution in [2.75, 3.05) is 14.1 Å². The van der Waals surface area contributed by atoms with Crippen LogP contribution >= 0.6 is 0 Å². The number of nitrogens with zero attached hydrogens (tertiary/aromatic N) is 1. The summed E-state index contributed by atoms with van der Waals surface area (Å²) in [5.74, 6) is -0.0699. The van der Waals surface area contributed by atoms with Gasteiger partial charge in [0.05, 0.1) is 4.90 Å². The van der Waals surface area contributed by atoms with Crippen molar-refractivity contribution in [3.8, 4) is 0 Å². The molecule has 0 bridgehead atoms. The van der Waals surface area contributed by atoms with Crippen LogP contribution in [0, 0.1) is 0 Å². The average Bonchev–Trinajstić information content (AvgIpc) is 2.37. The summed E-state index contributed by atoms with van der Waals surface area (Å²) in [5.41, 5.74) is 0.598. The standard InChI is InChI=1S/C13H20N2O3S/c1-4-7-13(16)14-10-11-8-5-6-9-12(11)19(17,18)15(2)3/h5-6,8-9H,4,7,10H2,1-3H3,(H,14,16). The van der Waals surface area contributed by atoms with E-state index in [1.54, 1.807) is 24.3 Å². The van der Waals surface area contributed by atoms with Crippen molar-refractivity contribution in [2.45, 2.75) is 31.2 Å². The minimum Gasteiger partial charge on any atom is -0.352 e. The van der Waals surface area contributed by atoms with Crippen LogP contribution in [-0.2, 0) is 21.4 Å². The van der Waals surface area contributed by atoms with Crippen molar-refractivity contribution >= 4 is 15.9 Å². The SMILES string of the molecule is CCCC(=O)NCc1ccccc1S(=O)(=O)N(C)C. The van der Waals surface area contributed by atoms with Crippen molar-refractivity contribution in [2.24, 2.45) is 0 Å². The number of benzene rings is 1. The van der Waals surface area contributed by atoms with Gasteiger partial charge in [0, 0.05) is 27.1 Å². The summed E-state index contributed by atoms with van der Waals surface area (Å²) in [4.78, 5) is 11.7. The molecular formula is C13H20N2O3S. The molecule has 0 spiro atoms. The second kappa shape index (κ2) is 6.68. The van der Waals surface area contributed by atoms with Crippen LogP contribution in [0.1, 0.15) is 25.3 Å². The van der Waals surface area contributed by atoms with Crippen LogP contribution in [0.2, 0.25) is 0 Å². The van der Waals surface area contributed by atoms with Crippen molar-refractivity contribution in [1.29, 1.82) is 0 Å². The minimum atomic E-state index is -3.49. The van der Waals surface area contributed by atoms with E-state index < -0.39 is 10.0 Å². The van der Waals surface area contributed by atoms with Gasteiger partial charge < -0.3 is 5.32 Å². The molecule has 1 amide bonds. The first-order chi connectivity index (χ1) is 8.89. The topological polar surface area (TPSA) is 66.5 Å². The predicted molar refractivity (Wildman–Crippen MR) is 74.1 cm³/mol. The molecular weight excluding hydrogens is 264 g/mol. The van der Waals surface area contributed by atoms with Crippen LogP contribution < -0.4 is 5.32 Å². The molecule has 1 aromatic carbocycles. The van der Waals surface area contributed by atoms with Gasteiger partial charge >= 0.3 is 0 Å². The molecule has 0 aliphatic rings. The van der Waals surface area contributed by atoms with E-state index in [0.717, 1.165) is 6.42 Å². The Kier molecular flexibility index (Phi) is 5.50. The summed E-state index contributed by atoms with van der Waals surface area (Å²) >= 11 is 0. The van der Waals surface area contributed by atoms with Gasteiger partial charge in [0.25, 0.3) is 0 Å². The molecule has 0 saturated heterocycles. The second-order valence-electron chi connectivity index (χ2n) is 4.42. The first kappa shape index (κ1) is 15.7. The highest BCUT2D eigenvalue weighted by molar-refractivity contribution is 7.89. The first-order valence-electron chi connectivity index (χ1n) is 6.16. The monoisotopic (exact) mass is 284 g/mol. The van der Waals surface area contributed by atoms with Crippen LogP contribution in [0.5, 0.6) is 0 Å². The van der Waals surface area contributed by atoms with E-state index in [1.165, 1.54) is 18.4 Å². The number of amides is 1. The van der Waals surface area contributed by atoms with Gasteiger partial charge in [-0.3, -0.25) is 4.79 Å². The Balaban J connectivity index is 2.95. The molecule has 0 aliphatic carbocycles. The summed E-state index contributed by atoms with van der Waals surface area (Å²) in [5, 5.41) is 2.73. The van der Waals surface area contributed by atoms with Gasteiger partial charge in [-0.05, 0) is 18.1 Å². The fraction of sp³-hybridized carbons (Fsp3) is 0.462. The summed E-state index contributed by atoms with van der Waals surface area (Å²) in [7, 11) is -0.510. The van der Waals surface area contributed by atoms with Crippen molar-refractivity contribution < 1.29 is 13.2 Å².